The van der Waals surface area contributed by atoms with E-state index in [9.17, 15) is 9.59 Å². The van der Waals surface area contributed by atoms with Crippen LogP contribution >= 0.6 is 22.9 Å². The number of halogens is 1. The van der Waals surface area contributed by atoms with Crippen LogP contribution in [0.2, 0.25) is 0 Å². The van der Waals surface area contributed by atoms with Gasteiger partial charge in [0.25, 0.3) is 0 Å². The molecule has 1 atom stereocenters. The number of thiazole rings is 1. The van der Waals surface area contributed by atoms with Crippen LogP contribution in [0.3, 0.4) is 0 Å². The van der Waals surface area contributed by atoms with Gasteiger partial charge in [0.2, 0.25) is 5.91 Å². The lowest BCUT2D eigenvalue weighted by Crippen LogP contribution is -2.41. The molecule has 0 saturated heterocycles. The molecule has 0 bridgehead atoms. The minimum Gasteiger partial charge on any atom is -0.331 e. The number of hydrogen-bond donors (Lipinski definition) is 2. The van der Waals surface area contributed by atoms with Crippen molar-refractivity contribution in [1.82, 2.24) is 15.6 Å². The number of aromatic nitrogens is 1. The first-order chi connectivity index (χ1) is 8.02. The fourth-order valence-corrected chi connectivity index (χ4v) is 1.86. The van der Waals surface area contributed by atoms with Crippen LogP contribution in [0.4, 0.5) is 4.79 Å². The quantitative estimate of drug-likeness (QED) is 0.821. The van der Waals surface area contributed by atoms with Crippen LogP contribution in [-0.4, -0.2) is 22.3 Å². The van der Waals surface area contributed by atoms with E-state index in [0.717, 1.165) is 16.3 Å². The number of carbonyl (C=O) groups is 2. The number of hydrogen-bond acceptors (Lipinski definition) is 4. The molecule has 0 spiro atoms. The van der Waals surface area contributed by atoms with Gasteiger partial charge in [0, 0.05) is 11.1 Å². The molecule has 2 N–H and O–H groups in total. The number of nitrogens with one attached hydrogen (secondary N) is 2. The number of nitrogens with zero attached hydrogens (tertiary/aromatic N) is 1. The molecule has 0 aliphatic carbocycles. The maximum atomic E-state index is 11.3. The van der Waals surface area contributed by atoms with E-state index in [2.05, 4.69) is 15.6 Å². The second-order valence-electron chi connectivity index (χ2n) is 3.36. The van der Waals surface area contributed by atoms with Crippen molar-refractivity contribution in [1.29, 1.82) is 0 Å². The van der Waals surface area contributed by atoms with E-state index in [1.165, 1.54) is 18.3 Å². The van der Waals surface area contributed by atoms with Gasteiger partial charge in [0.05, 0.1) is 6.54 Å². The van der Waals surface area contributed by atoms with Gasteiger partial charge in [-0.3, -0.25) is 10.1 Å². The van der Waals surface area contributed by atoms with Crippen LogP contribution in [0.1, 0.15) is 23.7 Å². The Morgan fingerprint density at radius 3 is 2.82 bits per heavy atom. The van der Waals surface area contributed by atoms with Crippen molar-refractivity contribution >= 4 is 34.9 Å². The molecule has 17 heavy (non-hydrogen) atoms. The van der Waals surface area contributed by atoms with Gasteiger partial charge in [0.1, 0.15) is 10.4 Å². The average Bonchev–Trinajstić information content (AvgIpc) is 2.74. The van der Waals surface area contributed by atoms with E-state index in [1.54, 1.807) is 6.20 Å². The SMILES string of the molecule is CCc1cnc(CNC(=O)NC(=O)C(C)Cl)s1. The maximum Gasteiger partial charge on any atom is 0.321 e. The predicted molar refractivity (Wildman–Crippen MR) is 67.2 cm³/mol. The molecule has 7 heteroatoms. The van der Waals surface area contributed by atoms with Crippen molar-refractivity contribution < 1.29 is 9.59 Å². The summed E-state index contributed by atoms with van der Waals surface area (Å²) in [7, 11) is 0. The van der Waals surface area contributed by atoms with Crippen molar-refractivity contribution in [2.45, 2.75) is 32.2 Å². The lowest BCUT2D eigenvalue weighted by atomic mass is 10.4. The molecular formula is C10H14ClN3O2S. The molecule has 0 radical (unpaired) electrons. The Bertz CT molecular complexity index is 406. The van der Waals surface area contributed by atoms with E-state index < -0.39 is 17.3 Å². The smallest absolute Gasteiger partial charge is 0.321 e. The van der Waals surface area contributed by atoms with Gasteiger partial charge in [-0.2, -0.15) is 0 Å². The highest BCUT2D eigenvalue weighted by atomic mass is 35.5. The molecule has 0 aliphatic heterocycles. The third-order valence-electron chi connectivity index (χ3n) is 1.95. The van der Waals surface area contributed by atoms with Gasteiger partial charge in [0.15, 0.2) is 0 Å². The topological polar surface area (TPSA) is 71.1 Å². The van der Waals surface area contributed by atoms with E-state index in [0.29, 0.717) is 6.54 Å². The Labute approximate surface area is 109 Å². The maximum absolute atomic E-state index is 11.3. The molecule has 0 aliphatic rings. The fourth-order valence-electron chi connectivity index (χ4n) is 1.00. The first kappa shape index (κ1) is 13.9. The monoisotopic (exact) mass is 275 g/mol. The summed E-state index contributed by atoms with van der Waals surface area (Å²) < 4.78 is 0. The minimum atomic E-state index is -0.729. The summed E-state index contributed by atoms with van der Waals surface area (Å²) in [6.07, 6.45) is 2.71. The van der Waals surface area contributed by atoms with Crippen molar-refractivity contribution in [3.63, 3.8) is 0 Å². The zero-order valence-corrected chi connectivity index (χ0v) is 11.2. The number of alkyl halides is 1. The fraction of sp³-hybridized carbons (Fsp3) is 0.500. The van der Waals surface area contributed by atoms with Gasteiger partial charge in [-0.25, -0.2) is 9.78 Å². The second kappa shape index (κ2) is 6.56. The lowest BCUT2D eigenvalue weighted by Gasteiger charge is -2.05. The number of aryl methyl sites for hydroxylation is 1. The van der Waals surface area contributed by atoms with Gasteiger partial charge < -0.3 is 5.32 Å². The van der Waals surface area contributed by atoms with Gasteiger partial charge in [-0.1, -0.05) is 6.92 Å². The molecular weight excluding hydrogens is 262 g/mol. The molecule has 0 aromatic carbocycles. The normalized spacial score (nSPS) is 11.9. The lowest BCUT2D eigenvalue weighted by molar-refractivity contribution is -0.119. The van der Waals surface area contributed by atoms with Gasteiger partial charge >= 0.3 is 6.03 Å². The number of rotatable bonds is 4. The zero-order valence-electron chi connectivity index (χ0n) is 9.62. The molecule has 94 valence electrons. The molecule has 1 rings (SSSR count). The first-order valence-electron chi connectivity index (χ1n) is 5.19. The van der Waals surface area contributed by atoms with Crippen LogP contribution in [0, 0.1) is 0 Å². The standard InChI is InChI=1S/C10H14ClN3O2S/c1-3-7-4-12-8(17-7)5-13-10(16)14-9(15)6(2)11/h4,6H,3,5H2,1-2H3,(H2,13,14,15,16). The summed E-state index contributed by atoms with van der Waals surface area (Å²) in [5, 5.41) is 4.75. The van der Waals surface area contributed by atoms with Crippen molar-refractivity contribution in [2.75, 3.05) is 0 Å². The molecule has 1 aromatic rings. The predicted octanol–water partition coefficient (Wildman–Crippen LogP) is 1.66. The number of urea groups is 1. The summed E-state index contributed by atoms with van der Waals surface area (Å²) in [4.78, 5) is 27.7. The Hall–Kier alpha value is -1.14. The van der Waals surface area contributed by atoms with Gasteiger partial charge in [-0.15, -0.1) is 22.9 Å². The molecule has 3 amide bonds. The van der Waals surface area contributed by atoms with Crippen molar-refractivity contribution in [3.05, 3.63) is 16.1 Å². The number of carbonyl (C=O) groups excluding carboxylic acids is 2. The highest BCUT2D eigenvalue weighted by Crippen LogP contribution is 2.12. The number of amides is 3. The first-order valence-corrected chi connectivity index (χ1v) is 6.44. The molecule has 1 heterocycles. The molecule has 5 nitrogen and oxygen atoms in total. The molecule has 1 aromatic heterocycles. The summed E-state index contributed by atoms with van der Waals surface area (Å²) in [5.41, 5.74) is 0. The molecule has 1 unspecified atom stereocenters. The van der Waals surface area contributed by atoms with E-state index in [-0.39, 0.29) is 0 Å². The minimum absolute atomic E-state index is 0.306. The van der Waals surface area contributed by atoms with E-state index >= 15 is 0 Å². The van der Waals surface area contributed by atoms with Crippen LogP contribution < -0.4 is 10.6 Å². The Morgan fingerprint density at radius 1 is 1.59 bits per heavy atom. The largest absolute Gasteiger partial charge is 0.331 e. The Morgan fingerprint density at radius 2 is 2.29 bits per heavy atom. The van der Waals surface area contributed by atoms with E-state index in [1.807, 2.05) is 6.92 Å². The van der Waals surface area contributed by atoms with Gasteiger partial charge in [-0.05, 0) is 13.3 Å². The highest BCUT2D eigenvalue weighted by molar-refractivity contribution is 7.11. The van der Waals surface area contributed by atoms with Crippen LogP contribution in [0.5, 0.6) is 0 Å². The third-order valence-corrected chi connectivity index (χ3v) is 3.29. The summed E-state index contributed by atoms with van der Waals surface area (Å²) in [6, 6.07) is -0.559. The van der Waals surface area contributed by atoms with Crippen LogP contribution in [0.15, 0.2) is 6.20 Å². The summed E-state index contributed by atoms with van der Waals surface area (Å²) >= 11 is 7.04. The van der Waals surface area contributed by atoms with Crippen LogP contribution in [0.25, 0.3) is 0 Å². The van der Waals surface area contributed by atoms with E-state index in [4.69, 9.17) is 11.6 Å². The number of imide groups is 1. The average molecular weight is 276 g/mol. The molecule has 0 saturated carbocycles. The summed E-state index contributed by atoms with van der Waals surface area (Å²) in [6.45, 7) is 3.84. The van der Waals surface area contributed by atoms with Crippen molar-refractivity contribution in [3.8, 4) is 0 Å². The Balaban J connectivity index is 2.35. The highest BCUT2D eigenvalue weighted by Gasteiger charge is 2.12. The Kier molecular flexibility index (Phi) is 5.37. The van der Waals surface area contributed by atoms with Crippen LogP contribution in [-0.2, 0) is 17.8 Å². The molecule has 0 fully saturated rings. The summed E-state index contributed by atoms with van der Waals surface area (Å²) in [5.74, 6) is -0.516. The zero-order chi connectivity index (χ0) is 12.8. The third kappa shape index (κ3) is 4.70. The second-order valence-corrected chi connectivity index (χ2v) is 5.22. The van der Waals surface area contributed by atoms with Crippen molar-refractivity contribution in [2.24, 2.45) is 0 Å².